The lowest BCUT2D eigenvalue weighted by atomic mass is 9.75. The SMILES string of the molecule is CCOC(=O)C1(Cc2cccc(Cl)c2)CCCN(C(=O)COC)C1. The van der Waals surface area contributed by atoms with Crippen LogP contribution in [-0.2, 0) is 25.5 Å². The van der Waals surface area contributed by atoms with Gasteiger partial charge < -0.3 is 14.4 Å². The second kappa shape index (κ2) is 8.49. The molecule has 5 nitrogen and oxygen atoms in total. The fourth-order valence-corrected chi connectivity index (χ4v) is 3.48. The van der Waals surface area contributed by atoms with Gasteiger partial charge in [0, 0.05) is 25.2 Å². The Balaban J connectivity index is 2.26. The van der Waals surface area contributed by atoms with Crippen LogP contribution in [0.3, 0.4) is 0 Å². The molecule has 1 amide bonds. The van der Waals surface area contributed by atoms with Crippen molar-refractivity contribution in [2.75, 3.05) is 33.4 Å². The molecule has 2 rings (SSSR count). The van der Waals surface area contributed by atoms with Crippen molar-refractivity contribution in [1.82, 2.24) is 4.90 Å². The molecule has 1 saturated heterocycles. The minimum absolute atomic E-state index is 0.0239. The molecule has 24 heavy (non-hydrogen) atoms. The minimum atomic E-state index is -0.734. The summed E-state index contributed by atoms with van der Waals surface area (Å²) >= 11 is 6.07. The number of hydrogen-bond acceptors (Lipinski definition) is 4. The fraction of sp³-hybridized carbons (Fsp3) is 0.556. The van der Waals surface area contributed by atoms with Crippen LogP contribution in [0.2, 0.25) is 5.02 Å². The molecule has 0 bridgehead atoms. The van der Waals surface area contributed by atoms with Gasteiger partial charge in [-0.1, -0.05) is 23.7 Å². The van der Waals surface area contributed by atoms with Gasteiger partial charge in [-0.15, -0.1) is 0 Å². The smallest absolute Gasteiger partial charge is 0.314 e. The number of nitrogens with zero attached hydrogens (tertiary/aromatic N) is 1. The van der Waals surface area contributed by atoms with Gasteiger partial charge in [0.25, 0.3) is 0 Å². The average Bonchev–Trinajstić information content (AvgIpc) is 2.55. The summed E-state index contributed by atoms with van der Waals surface area (Å²) < 4.78 is 10.3. The number of hydrogen-bond donors (Lipinski definition) is 0. The van der Waals surface area contributed by atoms with E-state index in [-0.39, 0.29) is 18.5 Å². The molecular formula is C18H24ClNO4. The zero-order chi connectivity index (χ0) is 17.6. The Bertz CT molecular complexity index is 592. The number of likely N-dealkylation sites (tertiary alicyclic amines) is 1. The second-order valence-corrected chi connectivity index (χ2v) is 6.60. The number of methoxy groups -OCH3 is 1. The number of carbonyl (C=O) groups excluding carboxylic acids is 2. The highest BCUT2D eigenvalue weighted by Crippen LogP contribution is 2.36. The van der Waals surface area contributed by atoms with Gasteiger partial charge >= 0.3 is 5.97 Å². The zero-order valence-electron chi connectivity index (χ0n) is 14.2. The highest BCUT2D eigenvalue weighted by Gasteiger charge is 2.44. The molecule has 1 heterocycles. The Morgan fingerprint density at radius 1 is 1.38 bits per heavy atom. The van der Waals surface area contributed by atoms with E-state index in [1.807, 2.05) is 18.2 Å². The van der Waals surface area contributed by atoms with Gasteiger partial charge in [-0.3, -0.25) is 9.59 Å². The molecule has 0 N–H and O–H groups in total. The van der Waals surface area contributed by atoms with E-state index >= 15 is 0 Å². The summed E-state index contributed by atoms with van der Waals surface area (Å²) in [6.07, 6.45) is 1.95. The number of benzene rings is 1. The third-order valence-electron chi connectivity index (χ3n) is 4.34. The number of piperidine rings is 1. The van der Waals surface area contributed by atoms with Gasteiger partial charge in [-0.05, 0) is 43.9 Å². The normalized spacial score (nSPS) is 20.7. The predicted molar refractivity (Wildman–Crippen MR) is 91.9 cm³/mol. The first-order valence-corrected chi connectivity index (χ1v) is 8.57. The molecule has 0 radical (unpaired) electrons. The third kappa shape index (κ3) is 4.48. The third-order valence-corrected chi connectivity index (χ3v) is 4.57. The van der Waals surface area contributed by atoms with Crippen molar-refractivity contribution >= 4 is 23.5 Å². The molecule has 0 spiro atoms. The molecule has 1 aromatic rings. The lowest BCUT2D eigenvalue weighted by Crippen LogP contribution is -2.52. The molecule has 0 aliphatic carbocycles. The average molecular weight is 354 g/mol. The Morgan fingerprint density at radius 3 is 2.83 bits per heavy atom. The van der Waals surface area contributed by atoms with Gasteiger partial charge in [-0.2, -0.15) is 0 Å². The molecule has 1 atom stereocenters. The van der Waals surface area contributed by atoms with Crippen LogP contribution in [0.25, 0.3) is 0 Å². The first-order chi connectivity index (χ1) is 11.5. The van der Waals surface area contributed by atoms with Crippen molar-refractivity contribution in [2.24, 2.45) is 5.41 Å². The minimum Gasteiger partial charge on any atom is -0.466 e. The van der Waals surface area contributed by atoms with Crippen molar-refractivity contribution in [3.63, 3.8) is 0 Å². The Hall–Kier alpha value is -1.59. The molecule has 0 aromatic heterocycles. The number of rotatable bonds is 6. The van der Waals surface area contributed by atoms with Crippen molar-refractivity contribution in [2.45, 2.75) is 26.2 Å². The fourth-order valence-electron chi connectivity index (χ4n) is 3.26. The number of esters is 1. The standard InChI is InChI=1S/C18H24ClNO4/c1-3-24-17(22)18(11-14-6-4-7-15(19)10-14)8-5-9-20(13-18)16(21)12-23-2/h4,6-7,10H,3,5,8-9,11-13H2,1-2H3. The maximum absolute atomic E-state index is 12.7. The monoisotopic (exact) mass is 353 g/mol. The van der Waals surface area contributed by atoms with Crippen molar-refractivity contribution in [1.29, 1.82) is 0 Å². The van der Waals surface area contributed by atoms with E-state index in [2.05, 4.69) is 0 Å². The lowest BCUT2D eigenvalue weighted by Gasteiger charge is -2.41. The van der Waals surface area contributed by atoms with E-state index in [1.165, 1.54) is 7.11 Å². The van der Waals surface area contributed by atoms with Crippen LogP contribution in [0.4, 0.5) is 0 Å². The van der Waals surface area contributed by atoms with Gasteiger partial charge in [0.2, 0.25) is 5.91 Å². The molecule has 1 fully saturated rings. The van der Waals surface area contributed by atoms with Gasteiger partial charge in [0.15, 0.2) is 0 Å². The predicted octanol–water partition coefficient (Wildman–Crippen LogP) is 2.70. The van der Waals surface area contributed by atoms with E-state index in [1.54, 1.807) is 17.9 Å². The molecule has 1 aliphatic rings. The summed E-state index contributed by atoms with van der Waals surface area (Å²) in [4.78, 5) is 26.6. The van der Waals surface area contributed by atoms with Crippen LogP contribution >= 0.6 is 11.6 Å². The first kappa shape index (κ1) is 18.7. The van der Waals surface area contributed by atoms with Crippen molar-refractivity contribution < 1.29 is 19.1 Å². The number of amides is 1. The van der Waals surface area contributed by atoms with Gasteiger partial charge in [-0.25, -0.2) is 0 Å². The van der Waals surface area contributed by atoms with Crippen LogP contribution in [0.5, 0.6) is 0 Å². The van der Waals surface area contributed by atoms with E-state index in [4.69, 9.17) is 21.1 Å². The highest BCUT2D eigenvalue weighted by molar-refractivity contribution is 6.30. The lowest BCUT2D eigenvalue weighted by molar-refractivity contribution is -0.161. The summed E-state index contributed by atoms with van der Waals surface area (Å²) in [7, 11) is 1.49. The summed E-state index contributed by atoms with van der Waals surface area (Å²) in [6, 6.07) is 7.48. The molecule has 1 unspecified atom stereocenters. The zero-order valence-corrected chi connectivity index (χ0v) is 15.0. The van der Waals surface area contributed by atoms with E-state index in [0.717, 1.165) is 12.0 Å². The molecule has 6 heteroatoms. The summed E-state index contributed by atoms with van der Waals surface area (Å²) in [5.74, 6) is -0.350. The number of halogens is 1. The maximum atomic E-state index is 12.7. The van der Waals surface area contributed by atoms with Gasteiger partial charge in [0.1, 0.15) is 6.61 Å². The van der Waals surface area contributed by atoms with Gasteiger partial charge in [0.05, 0.1) is 12.0 Å². The maximum Gasteiger partial charge on any atom is 0.314 e. The van der Waals surface area contributed by atoms with E-state index < -0.39 is 5.41 Å². The Labute approximate surface area is 147 Å². The Morgan fingerprint density at radius 2 is 2.17 bits per heavy atom. The molecule has 0 saturated carbocycles. The van der Waals surface area contributed by atoms with Crippen LogP contribution in [0.15, 0.2) is 24.3 Å². The topological polar surface area (TPSA) is 55.8 Å². The second-order valence-electron chi connectivity index (χ2n) is 6.16. The van der Waals surface area contributed by atoms with Crippen molar-refractivity contribution in [3.05, 3.63) is 34.9 Å². The first-order valence-electron chi connectivity index (χ1n) is 8.19. The molecule has 1 aromatic carbocycles. The number of carbonyl (C=O) groups is 2. The van der Waals surface area contributed by atoms with Crippen LogP contribution in [0.1, 0.15) is 25.3 Å². The highest BCUT2D eigenvalue weighted by atomic mass is 35.5. The Kier molecular flexibility index (Phi) is 6.63. The van der Waals surface area contributed by atoms with Crippen LogP contribution in [-0.4, -0.2) is 50.2 Å². The quantitative estimate of drug-likeness (QED) is 0.738. The molecule has 132 valence electrons. The van der Waals surface area contributed by atoms with Crippen LogP contribution < -0.4 is 0 Å². The molecular weight excluding hydrogens is 330 g/mol. The summed E-state index contributed by atoms with van der Waals surface area (Å²) in [5, 5.41) is 0.634. The summed E-state index contributed by atoms with van der Waals surface area (Å²) in [5.41, 5.74) is 0.235. The van der Waals surface area contributed by atoms with E-state index in [0.29, 0.717) is 37.6 Å². The number of ether oxygens (including phenoxy) is 2. The van der Waals surface area contributed by atoms with E-state index in [9.17, 15) is 9.59 Å². The largest absolute Gasteiger partial charge is 0.466 e. The van der Waals surface area contributed by atoms with Crippen LogP contribution in [0, 0.1) is 5.41 Å². The summed E-state index contributed by atoms with van der Waals surface area (Å²) in [6.45, 7) is 3.12. The molecule has 1 aliphatic heterocycles. The van der Waals surface area contributed by atoms with Crippen molar-refractivity contribution in [3.8, 4) is 0 Å².